The molecule has 2 rings (SSSR count). The van der Waals surface area contributed by atoms with E-state index in [0.717, 1.165) is 12.1 Å². The fraction of sp³-hybridized carbons (Fsp3) is 0.125. The summed E-state index contributed by atoms with van der Waals surface area (Å²) in [6.45, 7) is -0.814. The van der Waals surface area contributed by atoms with Crippen LogP contribution in [0, 0.1) is 20.8 Å². The number of nitro groups is 1. The molecule has 0 amide bonds. The molecule has 0 aliphatic carbocycles. The lowest BCUT2D eigenvalue weighted by Crippen LogP contribution is -2.16. The topological polar surface area (TPSA) is 170 Å². The lowest BCUT2D eigenvalue weighted by molar-refractivity contribution is -0.385. The van der Waals surface area contributed by atoms with Crippen molar-refractivity contribution in [2.75, 3.05) is 13.2 Å². The van der Waals surface area contributed by atoms with Crippen molar-refractivity contribution in [3.8, 4) is 5.75 Å². The highest BCUT2D eigenvalue weighted by atomic mass is 127. The van der Waals surface area contributed by atoms with Gasteiger partial charge in [-0.05, 0) is 86.0 Å². The first-order chi connectivity index (χ1) is 14.3. The molecule has 2 aromatic rings. The summed E-state index contributed by atoms with van der Waals surface area (Å²) in [7, 11) is -4.70. The summed E-state index contributed by atoms with van der Waals surface area (Å²) in [5.41, 5.74) is -1.28. The largest absolute Gasteiger partial charge is 0.506 e. The highest BCUT2D eigenvalue weighted by Crippen LogP contribution is 2.32. The van der Waals surface area contributed by atoms with Gasteiger partial charge in [-0.3, -0.25) is 14.7 Å². The van der Waals surface area contributed by atoms with Crippen molar-refractivity contribution in [3.63, 3.8) is 0 Å². The molecule has 0 aliphatic heterocycles. The van der Waals surface area contributed by atoms with Crippen LogP contribution in [0.4, 0.5) is 5.69 Å². The second-order valence-corrected chi connectivity index (χ2v) is 10.4. The minimum absolute atomic E-state index is 0.0688. The van der Waals surface area contributed by atoms with Crippen LogP contribution in [-0.4, -0.2) is 48.2 Å². The molecule has 0 bridgehead atoms. The third-order valence-corrected chi connectivity index (χ3v) is 7.16. The molecule has 0 atom stereocenters. The lowest BCUT2D eigenvalue weighted by atomic mass is 10.2. The molecule has 0 saturated heterocycles. The fourth-order valence-corrected chi connectivity index (χ4v) is 6.49. The zero-order chi connectivity index (χ0) is 23.5. The highest BCUT2D eigenvalue weighted by molar-refractivity contribution is 14.1. The Balaban J connectivity index is 2.06. The number of rotatable bonds is 7. The Labute approximate surface area is 215 Å². The SMILES string of the molecule is O=C(OCCOC(=O)c1c(I)cc(I)c(O)c1I)c1ccc(S(=O)(=O)O)cc1[N+](=O)[O-]. The van der Waals surface area contributed by atoms with Crippen molar-refractivity contribution in [1.29, 1.82) is 0 Å². The van der Waals surface area contributed by atoms with Gasteiger partial charge in [-0.25, -0.2) is 9.59 Å². The summed E-state index contributed by atoms with van der Waals surface area (Å²) < 4.78 is 42.5. The van der Waals surface area contributed by atoms with E-state index in [1.165, 1.54) is 0 Å². The molecule has 0 saturated carbocycles. The molecule has 0 aliphatic rings. The molecule has 0 unspecified atom stereocenters. The molecule has 31 heavy (non-hydrogen) atoms. The van der Waals surface area contributed by atoms with Crippen molar-refractivity contribution in [3.05, 3.63) is 56.2 Å². The molecule has 0 radical (unpaired) electrons. The van der Waals surface area contributed by atoms with E-state index in [0.29, 0.717) is 16.8 Å². The van der Waals surface area contributed by atoms with E-state index in [2.05, 4.69) is 0 Å². The smallest absolute Gasteiger partial charge is 0.345 e. The third kappa shape index (κ3) is 6.35. The number of nitrogens with zero attached hydrogens (tertiary/aromatic N) is 1. The van der Waals surface area contributed by atoms with E-state index in [4.69, 9.17) is 14.0 Å². The minimum Gasteiger partial charge on any atom is -0.506 e. The maximum absolute atomic E-state index is 12.3. The molecule has 0 fully saturated rings. The van der Waals surface area contributed by atoms with Crippen molar-refractivity contribution in [2.24, 2.45) is 0 Å². The van der Waals surface area contributed by atoms with Crippen LogP contribution in [-0.2, 0) is 19.6 Å². The second kappa shape index (κ2) is 10.5. The Hall–Kier alpha value is -1.32. The molecule has 0 aromatic heterocycles. The number of nitro benzene ring substituents is 1. The predicted octanol–water partition coefficient (Wildman–Crippen LogP) is 3.37. The zero-order valence-electron chi connectivity index (χ0n) is 14.9. The number of esters is 2. The Bertz CT molecular complexity index is 1180. The van der Waals surface area contributed by atoms with E-state index in [1.807, 2.05) is 45.2 Å². The van der Waals surface area contributed by atoms with Crippen LogP contribution in [0.3, 0.4) is 0 Å². The normalized spacial score (nSPS) is 11.1. The van der Waals surface area contributed by atoms with Crippen LogP contribution in [0.2, 0.25) is 0 Å². The molecule has 0 heterocycles. The predicted molar refractivity (Wildman–Crippen MR) is 130 cm³/mol. The number of hydrogen-bond donors (Lipinski definition) is 2. The van der Waals surface area contributed by atoms with Crippen LogP contribution in [0.15, 0.2) is 29.2 Å². The average Bonchev–Trinajstić information content (AvgIpc) is 2.68. The lowest BCUT2D eigenvalue weighted by Gasteiger charge is -2.11. The van der Waals surface area contributed by atoms with Gasteiger partial charge in [-0.2, -0.15) is 8.42 Å². The summed E-state index contributed by atoms with van der Waals surface area (Å²) in [6, 6.07) is 3.75. The van der Waals surface area contributed by atoms with E-state index >= 15 is 0 Å². The number of aromatic hydroxyl groups is 1. The van der Waals surface area contributed by atoms with Crippen LogP contribution in [0.5, 0.6) is 5.75 Å². The van der Waals surface area contributed by atoms with Gasteiger partial charge in [0, 0.05) is 9.64 Å². The van der Waals surface area contributed by atoms with Crippen molar-refractivity contribution in [2.45, 2.75) is 4.90 Å². The maximum Gasteiger partial charge on any atom is 0.345 e. The number of ether oxygens (including phenoxy) is 2. The molecule has 2 N–H and O–H groups in total. The first-order valence-corrected chi connectivity index (χ1v) is 12.5. The molecule has 2 aromatic carbocycles. The van der Waals surface area contributed by atoms with E-state index in [-0.39, 0.29) is 17.9 Å². The summed E-state index contributed by atoms with van der Waals surface area (Å²) in [5, 5.41) is 21.1. The van der Waals surface area contributed by atoms with E-state index < -0.39 is 49.7 Å². The third-order valence-electron chi connectivity index (χ3n) is 3.58. The van der Waals surface area contributed by atoms with Crippen LogP contribution in [0.25, 0.3) is 0 Å². The Morgan fingerprint density at radius 1 is 1.03 bits per heavy atom. The number of halogens is 3. The number of hydrogen-bond acceptors (Lipinski definition) is 9. The molecular formula is C16H10I3NO10S. The van der Waals surface area contributed by atoms with Gasteiger partial charge in [-0.15, -0.1) is 0 Å². The first kappa shape index (κ1) is 25.9. The number of phenolic OH excluding ortho intramolecular Hbond substituents is 1. The number of carbonyl (C=O) groups is 2. The van der Waals surface area contributed by atoms with Gasteiger partial charge < -0.3 is 14.6 Å². The number of benzene rings is 2. The van der Waals surface area contributed by atoms with E-state index in [1.54, 1.807) is 28.7 Å². The molecule has 11 nitrogen and oxygen atoms in total. The number of carbonyl (C=O) groups excluding carboxylic acids is 2. The van der Waals surface area contributed by atoms with Crippen molar-refractivity contribution in [1.82, 2.24) is 0 Å². The van der Waals surface area contributed by atoms with Gasteiger partial charge in [-0.1, -0.05) is 0 Å². The van der Waals surface area contributed by atoms with Gasteiger partial charge in [0.15, 0.2) is 0 Å². The van der Waals surface area contributed by atoms with Crippen LogP contribution >= 0.6 is 67.8 Å². The summed E-state index contributed by atoms with van der Waals surface area (Å²) in [4.78, 5) is 33.8. The Morgan fingerprint density at radius 2 is 1.61 bits per heavy atom. The van der Waals surface area contributed by atoms with Crippen molar-refractivity contribution >= 4 is 95.5 Å². The average molecular weight is 789 g/mol. The minimum atomic E-state index is -4.70. The second-order valence-electron chi connectivity index (χ2n) is 5.56. The molecule has 15 heteroatoms. The van der Waals surface area contributed by atoms with Gasteiger partial charge in [0.1, 0.15) is 29.4 Å². The summed E-state index contributed by atoms with van der Waals surface area (Å²) >= 11 is 5.62. The standard InChI is InChI=1S/C16H10I3NO10S/c17-9-6-10(18)14(21)13(19)12(9)16(23)30-4-3-29-15(22)8-2-1-7(31(26,27)28)5-11(8)20(24)25/h1-2,5-6,21H,3-4H2,(H,26,27,28). The molecular weight excluding hydrogens is 779 g/mol. The van der Waals surface area contributed by atoms with Crippen LogP contribution < -0.4 is 0 Å². The van der Waals surface area contributed by atoms with Crippen LogP contribution in [0.1, 0.15) is 20.7 Å². The van der Waals surface area contributed by atoms with Gasteiger partial charge >= 0.3 is 11.9 Å². The zero-order valence-corrected chi connectivity index (χ0v) is 22.2. The monoisotopic (exact) mass is 789 g/mol. The van der Waals surface area contributed by atoms with Crippen molar-refractivity contribution < 1.29 is 42.1 Å². The molecule has 166 valence electrons. The summed E-state index contributed by atoms with van der Waals surface area (Å²) in [6.07, 6.45) is 0. The number of phenols is 1. The van der Waals surface area contributed by atoms with Gasteiger partial charge in [0.2, 0.25) is 0 Å². The van der Waals surface area contributed by atoms with Gasteiger partial charge in [0.05, 0.1) is 17.6 Å². The Kier molecular flexibility index (Phi) is 8.81. The Morgan fingerprint density at radius 3 is 2.16 bits per heavy atom. The summed E-state index contributed by atoms with van der Waals surface area (Å²) in [5.74, 6) is -1.98. The van der Waals surface area contributed by atoms with Gasteiger partial charge in [0.25, 0.3) is 15.8 Å². The highest BCUT2D eigenvalue weighted by Gasteiger charge is 2.25. The quantitative estimate of drug-likeness (QED) is 0.106. The van der Waals surface area contributed by atoms with E-state index in [9.17, 15) is 33.2 Å². The fourth-order valence-electron chi connectivity index (χ4n) is 2.18. The molecule has 0 spiro atoms. The maximum atomic E-state index is 12.3. The first-order valence-electron chi connectivity index (χ1n) is 7.81.